The van der Waals surface area contributed by atoms with E-state index in [1.807, 2.05) is 18.2 Å². The maximum Gasteiger partial charge on any atom is 0.254 e. The Morgan fingerprint density at radius 3 is 3.05 bits per heavy atom. The number of carbonyl (C=O) groups excluding carboxylic acids is 1. The molecule has 1 aromatic carbocycles. The van der Waals surface area contributed by atoms with Crippen LogP contribution in [0.5, 0.6) is 5.75 Å². The smallest absolute Gasteiger partial charge is 0.254 e. The van der Waals surface area contributed by atoms with Crippen molar-refractivity contribution in [2.45, 2.75) is 12.3 Å². The average Bonchev–Trinajstić information content (AvgIpc) is 2.59. The van der Waals surface area contributed by atoms with E-state index in [1.165, 1.54) is 5.56 Å². The molecule has 0 spiro atoms. The molecule has 5 nitrogen and oxygen atoms in total. The van der Waals surface area contributed by atoms with Crippen molar-refractivity contribution in [2.75, 3.05) is 25.5 Å². The number of rotatable bonds is 4. The van der Waals surface area contributed by atoms with E-state index in [0.29, 0.717) is 23.9 Å². The Labute approximate surface area is 129 Å². The number of ether oxygens (including phenoxy) is 1. The van der Waals surface area contributed by atoms with E-state index in [1.54, 1.807) is 25.4 Å². The number of fused-ring (bicyclic) bond motifs is 1. The van der Waals surface area contributed by atoms with Crippen LogP contribution in [0.25, 0.3) is 0 Å². The summed E-state index contributed by atoms with van der Waals surface area (Å²) in [4.78, 5) is 16.2. The van der Waals surface area contributed by atoms with Crippen LogP contribution in [0.2, 0.25) is 0 Å². The van der Waals surface area contributed by atoms with Crippen molar-refractivity contribution >= 4 is 11.7 Å². The number of benzene rings is 1. The number of pyridine rings is 1. The molecule has 2 N–H and O–H groups in total. The summed E-state index contributed by atoms with van der Waals surface area (Å²) in [7, 11) is 1.62. The largest absolute Gasteiger partial charge is 0.493 e. The molecule has 0 saturated heterocycles. The minimum absolute atomic E-state index is 0.136. The molecule has 0 bridgehead atoms. The van der Waals surface area contributed by atoms with Crippen molar-refractivity contribution in [3.8, 4) is 5.75 Å². The molecule has 2 aromatic rings. The first-order valence-corrected chi connectivity index (χ1v) is 7.42. The first-order chi connectivity index (χ1) is 10.8. The molecular formula is C17H19N3O2. The molecule has 1 atom stereocenters. The number of anilines is 1. The monoisotopic (exact) mass is 297 g/mol. The molecule has 1 aliphatic heterocycles. The van der Waals surface area contributed by atoms with Gasteiger partial charge in [-0.2, -0.15) is 0 Å². The summed E-state index contributed by atoms with van der Waals surface area (Å²) >= 11 is 0. The first kappa shape index (κ1) is 14.4. The van der Waals surface area contributed by atoms with Gasteiger partial charge in [0.05, 0.1) is 12.2 Å². The number of nitrogens with one attached hydrogen (secondary N) is 2. The van der Waals surface area contributed by atoms with E-state index in [4.69, 9.17) is 4.74 Å². The van der Waals surface area contributed by atoms with Crippen LogP contribution in [-0.2, 0) is 0 Å². The van der Waals surface area contributed by atoms with Crippen LogP contribution >= 0.6 is 0 Å². The molecule has 0 aliphatic carbocycles. The highest BCUT2D eigenvalue weighted by molar-refractivity contribution is 5.98. The van der Waals surface area contributed by atoms with E-state index in [-0.39, 0.29) is 5.91 Å². The Morgan fingerprint density at radius 1 is 1.32 bits per heavy atom. The SMILES string of the molecule is CNC(=O)c1cccnc1NCC1CCOc2ccccc21. The molecule has 22 heavy (non-hydrogen) atoms. The standard InChI is InChI=1S/C17H19N3O2/c1-18-17(21)14-6-4-9-19-16(14)20-11-12-8-10-22-15-7-3-2-5-13(12)15/h2-7,9,12H,8,10-11H2,1H3,(H,18,21)(H,19,20). The van der Waals surface area contributed by atoms with Crippen LogP contribution in [0.1, 0.15) is 28.3 Å². The van der Waals surface area contributed by atoms with Gasteiger partial charge in [-0.15, -0.1) is 0 Å². The predicted molar refractivity (Wildman–Crippen MR) is 85.4 cm³/mol. The number of nitrogens with zero attached hydrogens (tertiary/aromatic N) is 1. The molecule has 1 amide bonds. The zero-order chi connectivity index (χ0) is 15.4. The molecule has 1 unspecified atom stereocenters. The molecule has 5 heteroatoms. The number of hydrogen-bond acceptors (Lipinski definition) is 4. The Balaban J connectivity index is 1.76. The second-order valence-corrected chi connectivity index (χ2v) is 5.23. The fourth-order valence-electron chi connectivity index (χ4n) is 2.71. The van der Waals surface area contributed by atoms with Crippen LogP contribution in [0.15, 0.2) is 42.6 Å². The van der Waals surface area contributed by atoms with Gasteiger partial charge in [-0.05, 0) is 30.2 Å². The van der Waals surface area contributed by atoms with Gasteiger partial charge in [0.1, 0.15) is 11.6 Å². The van der Waals surface area contributed by atoms with Gasteiger partial charge in [-0.3, -0.25) is 4.79 Å². The number of aromatic nitrogens is 1. The highest BCUT2D eigenvalue weighted by Gasteiger charge is 2.21. The van der Waals surface area contributed by atoms with Crippen molar-refractivity contribution in [3.05, 3.63) is 53.7 Å². The van der Waals surface area contributed by atoms with Crippen molar-refractivity contribution in [1.82, 2.24) is 10.3 Å². The van der Waals surface area contributed by atoms with Crippen molar-refractivity contribution < 1.29 is 9.53 Å². The second kappa shape index (κ2) is 6.47. The van der Waals surface area contributed by atoms with Gasteiger partial charge in [-0.25, -0.2) is 4.98 Å². The minimum atomic E-state index is -0.136. The summed E-state index contributed by atoms with van der Waals surface area (Å²) < 4.78 is 5.68. The lowest BCUT2D eigenvalue weighted by molar-refractivity contribution is 0.0963. The van der Waals surface area contributed by atoms with Crippen LogP contribution in [0, 0.1) is 0 Å². The molecule has 0 saturated carbocycles. The summed E-state index contributed by atoms with van der Waals surface area (Å²) in [5, 5.41) is 5.95. The lowest BCUT2D eigenvalue weighted by atomic mass is 9.93. The number of amides is 1. The molecular weight excluding hydrogens is 278 g/mol. The maximum absolute atomic E-state index is 11.9. The van der Waals surface area contributed by atoms with E-state index >= 15 is 0 Å². The predicted octanol–water partition coefficient (Wildman–Crippen LogP) is 2.42. The van der Waals surface area contributed by atoms with Gasteiger partial charge in [0.2, 0.25) is 0 Å². The van der Waals surface area contributed by atoms with Gasteiger partial charge in [0.15, 0.2) is 0 Å². The Kier molecular flexibility index (Phi) is 4.23. The van der Waals surface area contributed by atoms with Crippen molar-refractivity contribution in [3.63, 3.8) is 0 Å². The first-order valence-electron chi connectivity index (χ1n) is 7.42. The molecule has 1 aliphatic rings. The maximum atomic E-state index is 11.9. The minimum Gasteiger partial charge on any atom is -0.493 e. The lowest BCUT2D eigenvalue weighted by Crippen LogP contribution is -2.24. The highest BCUT2D eigenvalue weighted by atomic mass is 16.5. The molecule has 2 heterocycles. The fourth-order valence-corrected chi connectivity index (χ4v) is 2.71. The number of para-hydroxylation sites is 1. The van der Waals surface area contributed by atoms with Gasteiger partial charge in [-0.1, -0.05) is 18.2 Å². The lowest BCUT2D eigenvalue weighted by Gasteiger charge is -2.26. The summed E-state index contributed by atoms with van der Waals surface area (Å²) in [6, 6.07) is 11.6. The fraction of sp³-hybridized carbons (Fsp3) is 0.294. The summed E-state index contributed by atoms with van der Waals surface area (Å²) in [5.74, 6) is 1.78. The Morgan fingerprint density at radius 2 is 2.18 bits per heavy atom. The second-order valence-electron chi connectivity index (χ2n) is 5.23. The van der Waals surface area contributed by atoms with E-state index in [2.05, 4.69) is 21.7 Å². The summed E-state index contributed by atoms with van der Waals surface area (Å²) in [6.07, 6.45) is 2.64. The van der Waals surface area contributed by atoms with E-state index in [9.17, 15) is 4.79 Å². The number of hydrogen-bond donors (Lipinski definition) is 2. The van der Waals surface area contributed by atoms with Gasteiger partial charge >= 0.3 is 0 Å². The van der Waals surface area contributed by atoms with Gasteiger partial charge in [0.25, 0.3) is 5.91 Å². The molecule has 0 radical (unpaired) electrons. The van der Waals surface area contributed by atoms with Crippen LogP contribution < -0.4 is 15.4 Å². The van der Waals surface area contributed by atoms with Crippen LogP contribution in [0.4, 0.5) is 5.82 Å². The molecule has 3 rings (SSSR count). The molecule has 114 valence electrons. The Hall–Kier alpha value is -2.56. The molecule has 0 fully saturated rings. The zero-order valence-corrected chi connectivity index (χ0v) is 12.5. The topological polar surface area (TPSA) is 63.2 Å². The third kappa shape index (κ3) is 2.88. The third-order valence-corrected chi connectivity index (χ3v) is 3.88. The van der Waals surface area contributed by atoms with E-state index < -0.39 is 0 Å². The summed E-state index contributed by atoms with van der Waals surface area (Å²) in [5.41, 5.74) is 1.77. The number of carbonyl (C=O) groups is 1. The van der Waals surface area contributed by atoms with E-state index in [0.717, 1.165) is 18.7 Å². The van der Waals surface area contributed by atoms with Gasteiger partial charge in [0, 0.05) is 25.7 Å². The van der Waals surface area contributed by atoms with Crippen LogP contribution in [0.3, 0.4) is 0 Å². The van der Waals surface area contributed by atoms with Crippen molar-refractivity contribution in [1.29, 1.82) is 0 Å². The quantitative estimate of drug-likeness (QED) is 0.909. The zero-order valence-electron chi connectivity index (χ0n) is 12.5. The highest BCUT2D eigenvalue weighted by Crippen LogP contribution is 2.33. The summed E-state index contributed by atoms with van der Waals surface area (Å²) in [6.45, 7) is 1.44. The van der Waals surface area contributed by atoms with Crippen LogP contribution in [-0.4, -0.2) is 31.1 Å². The molecule has 1 aromatic heterocycles. The Bertz CT molecular complexity index is 672. The average molecular weight is 297 g/mol. The third-order valence-electron chi connectivity index (χ3n) is 3.88. The normalized spacial score (nSPS) is 16.3. The van der Waals surface area contributed by atoms with Gasteiger partial charge < -0.3 is 15.4 Å². The van der Waals surface area contributed by atoms with Crippen molar-refractivity contribution in [2.24, 2.45) is 0 Å².